The van der Waals surface area contributed by atoms with Gasteiger partial charge in [0.05, 0.1) is 17.4 Å². The van der Waals surface area contributed by atoms with Gasteiger partial charge in [0.15, 0.2) is 8.37 Å². The zero-order valence-electron chi connectivity index (χ0n) is 23.9. The minimum atomic E-state index is -1.02. The molecule has 0 spiro atoms. The van der Waals surface area contributed by atoms with Crippen molar-refractivity contribution in [3.8, 4) is 22.3 Å². The van der Waals surface area contributed by atoms with Crippen LogP contribution in [0.4, 0.5) is 5.69 Å². The Kier molecular flexibility index (Phi) is 6.48. The third kappa shape index (κ3) is 4.32. The lowest BCUT2D eigenvalue weighted by molar-refractivity contribution is 1.06. The zero-order valence-corrected chi connectivity index (χ0v) is 24.7. The van der Waals surface area contributed by atoms with E-state index >= 15 is 0 Å². The van der Waals surface area contributed by atoms with Crippen molar-refractivity contribution in [3.05, 3.63) is 157 Å². The van der Waals surface area contributed by atoms with Crippen LogP contribution >= 0.6 is 8.37 Å². The second kappa shape index (κ2) is 10.8. The number of allylic oxidation sites excluding steroid dienone is 2. The summed E-state index contributed by atoms with van der Waals surface area (Å²) in [6.45, 7) is 0. The minimum Gasteiger partial charge on any atom is -0.307 e. The minimum absolute atomic E-state index is 0.0205. The molecule has 0 bridgehead atoms. The van der Waals surface area contributed by atoms with E-state index in [0.717, 1.165) is 5.71 Å². The van der Waals surface area contributed by atoms with Crippen molar-refractivity contribution in [2.75, 3.05) is 11.7 Å². The molecule has 0 fully saturated rings. The van der Waals surface area contributed by atoms with Crippen LogP contribution in [0.2, 0.25) is 0 Å². The number of benzene rings is 6. The van der Waals surface area contributed by atoms with E-state index in [2.05, 4.69) is 161 Å². The Hall–Kier alpha value is -4.82. The molecule has 2 aliphatic rings. The van der Waals surface area contributed by atoms with Gasteiger partial charge in [-0.15, -0.1) is 0 Å². The summed E-state index contributed by atoms with van der Waals surface area (Å²) in [4.78, 5) is 0. The maximum Gasteiger partial charge on any atom is 0.196 e. The molecule has 6 aromatic carbocycles. The van der Waals surface area contributed by atoms with E-state index in [1.807, 2.05) is 7.05 Å². The van der Waals surface area contributed by atoms with Crippen LogP contribution in [0.1, 0.15) is 5.56 Å². The highest BCUT2D eigenvalue weighted by Crippen LogP contribution is 2.54. The molecule has 4 heteroatoms. The van der Waals surface area contributed by atoms with Gasteiger partial charge >= 0.3 is 0 Å². The Morgan fingerprint density at radius 3 is 1.79 bits per heavy atom. The largest absolute Gasteiger partial charge is 0.307 e. The van der Waals surface area contributed by atoms with Crippen LogP contribution in [0.5, 0.6) is 0 Å². The van der Waals surface area contributed by atoms with Gasteiger partial charge in [0.1, 0.15) is 0 Å². The van der Waals surface area contributed by atoms with Crippen molar-refractivity contribution < 1.29 is 0 Å². The molecule has 6 aromatic rings. The molecule has 2 atom stereocenters. The number of fused-ring (bicyclic) bond motifs is 3. The molecule has 206 valence electrons. The van der Waals surface area contributed by atoms with Crippen LogP contribution in [0, 0.1) is 0 Å². The smallest absolute Gasteiger partial charge is 0.196 e. The van der Waals surface area contributed by atoms with Gasteiger partial charge < -0.3 is 4.67 Å². The first kappa shape index (κ1) is 25.9. The van der Waals surface area contributed by atoms with E-state index < -0.39 is 8.37 Å². The lowest BCUT2D eigenvalue weighted by atomic mass is 9.86. The molecule has 1 N–H and O–H groups in total. The second-order valence-electron chi connectivity index (χ2n) is 10.9. The highest BCUT2D eigenvalue weighted by Gasteiger charge is 2.39. The number of rotatable bonds is 5. The SMILES string of the molecule is CNP1N=C2C(c3cccc4cccc(-c5ccccc5)c34)=CC=CC2N1c1cccc2cccc(-c3ccccc3)c12. The molecule has 43 heavy (non-hydrogen) atoms. The van der Waals surface area contributed by atoms with Gasteiger partial charge in [-0.1, -0.05) is 146 Å². The van der Waals surface area contributed by atoms with E-state index in [0.29, 0.717) is 0 Å². The molecule has 0 aromatic heterocycles. The van der Waals surface area contributed by atoms with Crippen LogP contribution in [0.25, 0.3) is 49.4 Å². The van der Waals surface area contributed by atoms with Crippen molar-refractivity contribution in [2.45, 2.75) is 6.04 Å². The fraction of sp³-hybridized carbons (Fsp3) is 0.0513. The molecule has 0 saturated carbocycles. The average molecular weight is 572 g/mol. The second-order valence-corrected chi connectivity index (χ2v) is 12.5. The quantitative estimate of drug-likeness (QED) is 0.209. The first-order valence-electron chi connectivity index (χ1n) is 14.7. The molecule has 1 aliphatic heterocycles. The standard InChI is InChI=1S/C39H30N3P/c1-40-43-41-39-34(33-23-10-18-29-17-8-21-31(37(29)33)27-13-4-2-5-14-27)24-12-26-36(39)42(43)35-25-11-20-30-19-9-22-32(38(30)35)28-15-6-3-7-16-28/h2-26,36,40H,1H3. The molecule has 0 amide bonds. The van der Waals surface area contributed by atoms with E-state index in [1.54, 1.807) is 0 Å². The molecular weight excluding hydrogens is 541 g/mol. The molecule has 1 heterocycles. The Bertz CT molecular complexity index is 2070. The van der Waals surface area contributed by atoms with Crippen molar-refractivity contribution in [1.82, 2.24) is 5.09 Å². The Labute approximate surface area is 253 Å². The van der Waals surface area contributed by atoms with Crippen LogP contribution < -0.4 is 9.76 Å². The summed E-state index contributed by atoms with van der Waals surface area (Å²) in [6, 6.07) is 47.9. The van der Waals surface area contributed by atoms with Gasteiger partial charge in [0.2, 0.25) is 0 Å². The summed E-state index contributed by atoms with van der Waals surface area (Å²) in [5.74, 6) is 0. The number of anilines is 1. The van der Waals surface area contributed by atoms with Crippen molar-refractivity contribution in [3.63, 3.8) is 0 Å². The van der Waals surface area contributed by atoms with Gasteiger partial charge in [0, 0.05) is 11.0 Å². The summed E-state index contributed by atoms with van der Waals surface area (Å²) in [5.41, 5.74) is 9.66. The van der Waals surface area contributed by atoms with Crippen LogP contribution in [0.15, 0.2) is 156 Å². The Balaban J connectivity index is 1.29. The average Bonchev–Trinajstić information content (AvgIpc) is 3.47. The predicted molar refractivity (Wildman–Crippen MR) is 186 cm³/mol. The van der Waals surface area contributed by atoms with Crippen molar-refractivity contribution in [2.24, 2.45) is 4.76 Å². The van der Waals surface area contributed by atoms with E-state index in [4.69, 9.17) is 4.76 Å². The maximum atomic E-state index is 5.44. The van der Waals surface area contributed by atoms with Gasteiger partial charge in [0.25, 0.3) is 0 Å². The predicted octanol–water partition coefficient (Wildman–Crippen LogP) is 10.1. The summed E-state index contributed by atoms with van der Waals surface area (Å²) in [7, 11) is 1.01. The van der Waals surface area contributed by atoms with E-state index in [9.17, 15) is 0 Å². The van der Waals surface area contributed by atoms with Crippen LogP contribution in [0.3, 0.4) is 0 Å². The first-order valence-corrected chi connectivity index (χ1v) is 16.0. The number of nitrogens with zero attached hydrogens (tertiary/aromatic N) is 2. The fourth-order valence-corrected chi connectivity index (χ4v) is 8.24. The number of nitrogens with one attached hydrogen (secondary N) is 1. The molecule has 3 nitrogen and oxygen atoms in total. The highest BCUT2D eigenvalue weighted by atomic mass is 31.1. The van der Waals surface area contributed by atoms with Gasteiger partial charge in [-0.05, 0) is 57.1 Å². The van der Waals surface area contributed by atoms with E-state index in [1.165, 1.54) is 60.6 Å². The van der Waals surface area contributed by atoms with Gasteiger partial charge in [-0.3, -0.25) is 5.09 Å². The fourth-order valence-electron chi connectivity index (χ4n) is 6.60. The number of hydrogen-bond donors (Lipinski definition) is 1. The van der Waals surface area contributed by atoms with Crippen molar-refractivity contribution >= 4 is 46.9 Å². The Morgan fingerprint density at radius 1 is 0.605 bits per heavy atom. The third-order valence-corrected chi connectivity index (χ3v) is 10.2. The molecule has 2 unspecified atom stereocenters. The summed E-state index contributed by atoms with van der Waals surface area (Å²) in [6.07, 6.45) is 6.76. The molecular formula is C39H30N3P. The monoisotopic (exact) mass is 571 g/mol. The molecule has 0 saturated heterocycles. The zero-order chi connectivity index (χ0) is 28.8. The maximum absolute atomic E-state index is 5.44. The highest BCUT2D eigenvalue weighted by molar-refractivity contribution is 7.57. The lowest BCUT2D eigenvalue weighted by Gasteiger charge is -2.32. The topological polar surface area (TPSA) is 27.6 Å². The molecule has 0 radical (unpaired) electrons. The van der Waals surface area contributed by atoms with Crippen molar-refractivity contribution in [1.29, 1.82) is 0 Å². The van der Waals surface area contributed by atoms with Crippen LogP contribution in [-0.4, -0.2) is 18.8 Å². The van der Waals surface area contributed by atoms with Gasteiger partial charge in [-0.2, -0.15) is 0 Å². The summed E-state index contributed by atoms with van der Waals surface area (Å²) < 4.78 is 7.95. The Morgan fingerprint density at radius 2 is 1.16 bits per heavy atom. The van der Waals surface area contributed by atoms with Crippen LogP contribution in [-0.2, 0) is 0 Å². The summed E-state index contributed by atoms with van der Waals surface area (Å²) >= 11 is 0. The number of hydrogen-bond acceptors (Lipinski definition) is 3. The third-order valence-electron chi connectivity index (χ3n) is 8.48. The van der Waals surface area contributed by atoms with E-state index in [-0.39, 0.29) is 6.04 Å². The molecule has 1 aliphatic carbocycles. The lowest BCUT2D eigenvalue weighted by Crippen LogP contribution is -2.34. The first-order chi connectivity index (χ1) is 21.3. The normalized spacial score (nSPS) is 17.7. The summed E-state index contributed by atoms with van der Waals surface area (Å²) in [5, 5.41) is 8.58. The molecule has 8 rings (SSSR count). The van der Waals surface area contributed by atoms with Gasteiger partial charge in [-0.25, -0.2) is 4.76 Å².